The molecule has 4 heteroatoms. The van der Waals surface area contributed by atoms with E-state index >= 15 is 0 Å². The summed E-state index contributed by atoms with van der Waals surface area (Å²) in [6.07, 6.45) is 0. The maximum absolute atomic E-state index is 6.51. The molecule has 172 valence electrons. The molecule has 1 saturated heterocycles. The molecule has 4 aromatic rings. The molecule has 3 aliphatic rings. The second-order valence-electron chi connectivity index (χ2n) is 12.5. The van der Waals surface area contributed by atoms with E-state index in [1.54, 1.807) is 0 Å². The van der Waals surface area contributed by atoms with Crippen molar-refractivity contribution in [3.05, 3.63) is 70.8 Å². The number of rotatable bonds is 1. The van der Waals surface area contributed by atoms with Crippen molar-refractivity contribution in [2.24, 2.45) is 0 Å². The molecular formula is C30H32BNO2. The van der Waals surface area contributed by atoms with E-state index in [1.807, 2.05) is 0 Å². The van der Waals surface area contributed by atoms with Crippen LogP contribution in [0.4, 0.5) is 0 Å². The first-order chi connectivity index (χ1) is 15.9. The summed E-state index contributed by atoms with van der Waals surface area (Å²) in [7, 11) is -0.377. The van der Waals surface area contributed by atoms with Gasteiger partial charge in [-0.25, -0.2) is 0 Å². The highest BCUT2D eigenvalue weighted by Crippen LogP contribution is 2.54. The summed E-state index contributed by atoms with van der Waals surface area (Å²) in [4.78, 5) is 0. The molecule has 3 aromatic carbocycles. The number of para-hydroxylation sites is 2. The first-order valence-corrected chi connectivity index (χ1v) is 12.5. The van der Waals surface area contributed by atoms with Crippen LogP contribution < -0.4 is 5.46 Å². The van der Waals surface area contributed by atoms with Crippen LogP contribution in [-0.4, -0.2) is 22.9 Å². The topological polar surface area (TPSA) is 23.4 Å². The van der Waals surface area contributed by atoms with E-state index in [2.05, 4.69) is 108 Å². The molecule has 0 radical (unpaired) electrons. The maximum atomic E-state index is 6.51. The van der Waals surface area contributed by atoms with Crippen molar-refractivity contribution < 1.29 is 9.31 Å². The van der Waals surface area contributed by atoms with Crippen LogP contribution in [0.1, 0.15) is 77.6 Å². The third-order valence-corrected chi connectivity index (χ3v) is 9.38. The Balaban J connectivity index is 1.64. The van der Waals surface area contributed by atoms with Gasteiger partial charge in [0, 0.05) is 21.6 Å². The number of aromatic nitrogens is 1. The highest BCUT2D eigenvalue weighted by molar-refractivity contribution is 6.62. The van der Waals surface area contributed by atoms with Crippen molar-refractivity contribution in [1.29, 1.82) is 0 Å². The number of hydrogen-bond acceptors (Lipinski definition) is 2. The van der Waals surface area contributed by atoms with Gasteiger partial charge in [0.1, 0.15) is 0 Å². The van der Waals surface area contributed by atoms with Gasteiger partial charge in [0.15, 0.2) is 0 Å². The predicted molar refractivity (Wildman–Crippen MR) is 141 cm³/mol. The molecule has 3 aliphatic heterocycles. The first-order valence-electron chi connectivity index (χ1n) is 12.5. The fourth-order valence-electron chi connectivity index (χ4n) is 6.62. The summed E-state index contributed by atoms with van der Waals surface area (Å²) < 4.78 is 15.6. The SMILES string of the molecule is CC1(C)c2cccc3c2-n2c4c1cccc4c1cc(B4OC(C)(C)C(C)(C)O4)cc(c12)C3(C)C. The van der Waals surface area contributed by atoms with Gasteiger partial charge in [0.05, 0.1) is 27.9 Å². The fourth-order valence-corrected chi connectivity index (χ4v) is 6.62. The summed E-state index contributed by atoms with van der Waals surface area (Å²) in [5.74, 6) is 0. The Labute approximate surface area is 202 Å². The number of hydrogen-bond donors (Lipinski definition) is 0. The molecule has 0 bridgehead atoms. The zero-order chi connectivity index (χ0) is 24.0. The Kier molecular flexibility index (Phi) is 3.55. The van der Waals surface area contributed by atoms with Crippen LogP contribution in [0.3, 0.4) is 0 Å². The molecule has 4 heterocycles. The van der Waals surface area contributed by atoms with Gasteiger partial charge in [0.2, 0.25) is 0 Å². The van der Waals surface area contributed by atoms with Crippen LogP contribution >= 0.6 is 0 Å². The first kappa shape index (κ1) is 20.8. The van der Waals surface area contributed by atoms with Crippen molar-refractivity contribution in [2.75, 3.05) is 0 Å². The van der Waals surface area contributed by atoms with Gasteiger partial charge in [-0.1, -0.05) is 76.2 Å². The van der Waals surface area contributed by atoms with Crippen LogP contribution in [0.25, 0.3) is 27.5 Å². The molecule has 1 aromatic heterocycles. The molecule has 0 aliphatic carbocycles. The smallest absolute Gasteiger partial charge is 0.399 e. The third-order valence-electron chi connectivity index (χ3n) is 9.38. The standard InChI is InChI=1S/C30H32BNO2/c1-27(2)20-12-9-11-18-19-15-17(31-33-29(5,6)30(7,8)34-31)16-23-25(19)32(24(18)20)26-21(27)13-10-14-22(26)28(23,3)4/h9-16H,1-8H3. The Morgan fingerprint density at radius 2 is 1.15 bits per heavy atom. The van der Waals surface area contributed by atoms with Crippen LogP contribution in [0.5, 0.6) is 0 Å². The van der Waals surface area contributed by atoms with E-state index in [4.69, 9.17) is 9.31 Å². The molecule has 1 fully saturated rings. The van der Waals surface area contributed by atoms with E-state index in [-0.39, 0.29) is 29.2 Å². The van der Waals surface area contributed by atoms with Gasteiger partial charge < -0.3 is 13.9 Å². The molecule has 0 N–H and O–H groups in total. The Morgan fingerprint density at radius 3 is 1.79 bits per heavy atom. The lowest BCUT2D eigenvalue weighted by atomic mass is 9.67. The van der Waals surface area contributed by atoms with Crippen molar-refractivity contribution in [1.82, 2.24) is 4.57 Å². The van der Waals surface area contributed by atoms with E-state index in [0.717, 1.165) is 5.46 Å². The summed E-state index contributed by atoms with van der Waals surface area (Å²) in [5, 5.41) is 2.61. The van der Waals surface area contributed by atoms with Gasteiger partial charge in [-0.15, -0.1) is 0 Å². The van der Waals surface area contributed by atoms with Gasteiger partial charge in [0.25, 0.3) is 0 Å². The van der Waals surface area contributed by atoms with Gasteiger partial charge in [-0.2, -0.15) is 0 Å². The Hall–Kier alpha value is -2.56. The number of fused-ring (bicyclic) bond motifs is 1. The van der Waals surface area contributed by atoms with E-state index in [1.165, 1.54) is 49.7 Å². The Bertz CT molecular complexity index is 1550. The molecular weight excluding hydrogens is 417 g/mol. The maximum Gasteiger partial charge on any atom is 0.494 e. The van der Waals surface area contributed by atoms with Crippen molar-refractivity contribution in [2.45, 2.75) is 77.4 Å². The monoisotopic (exact) mass is 449 g/mol. The molecule has 0 unspecified atom stereocenters. The van der Waals surface area contributed by atoms with Crippen LogP contribution in [-0.2, 0) is 20.1 Å². The molecule has 34 heavy (non-hydrogen) atoms. The van der Waals surface area contributed by atoms with E-state index in [9.17, 15) is 0 Å². The van der Waals surface area contributed by atoms with Crippen molar-refractivity contribution in [3.63, 3.8) is 0 Å². The average molecular weight is 449 g/mol. The van der Waals surface area contributed by atoms with Gasteiger partial charge >= 0.3 is 7.12 Å². The normalized spacial score (nSPS) is 22.2. The third kappa shape index (κ3) is 2.18. The minimum absolute atomic E-state index is 0.0582. The van der Waals surface area contributed by atoms with Crippen LogP contribution in [0.15, 0.2) is 48.5 Å². The van der Waals surface area contributed by atoms with Gasteiger partial charge in [-0.05, 0) is 55.4 Å². The molecule has 0 amide bonds. The summed E-state index contributed by atoms with van der Waals surface area (Å²) >= 11 is 0. The zero-order valence-corrected chi connectivity index (χ0v) is 21.5. The van der Waals surface area contributed by atoms with E-state index in [0.29, 0.717) is 0 Å². The largest absolute Gasteiger partial charge is 0.494 e. The highest BCUT2D eigenvalue weighted by Gasteiger charge is 2.52. The quantitative estimate of drug-likeness (QED) is 0.316. The summed E-state index contributed by atoms with van der Waals surface area (Å²) in [5.41, 5.74) is 9.80. The van der Waals surface area contributed by atoms with Gasteiger partial charge in [-0.3, -0.25) is 0 Å². The second-order valence-corrected chi connectivity index (χ2v) is 12.5. The molecule has 7 rings (SSSR count). The van der Waals surface area contributed by atoms with Crippen molar-refractivity contribution >= 4 is 34.4 Å². The molecule has 0 saturated carbocycles. The average Bonchev–Trinajstić information content (AvgIpc) is 3.21. The highest BCUT2D eigenvalue weighted by atomic mass is 16.7. The number of nitrogens with zero attached hydrogens (tertiary/aromatic N) is 1. The number of benzene rings is 3. The molecule has 0 atom stereocenters. The fraction of sp³-hybridized carbons (Fsp3) is 0.400. The predicted octanol–water partition coefficient (Wildman–Crippen LogP) is 6.36. The van der Waals surface area contributed by atoms with Crippen molar-refractivity contribution in [3.8, 4) is 5.69 Å². The minimum Gasteiger partial charge on any atom is -0.399 e. The lowest BCUT2D eigenvalue weighted by Crippen LogP contribution is -2.41. The molecule has 0 spiro atoms. The van der Waals surface area contributed by atoms with Crippen LogP contribution in [0.2, 0.25) is 0 Å². The second kappa shape index (κ2) is 5.80. The summed E-state index contributed by atoms with van der Waals surface area (Å²) in [6.45, 7) is 18.0. The molecule has 3 nitrogen and oxygen atoms in total. The lowest BCUT2D eigenvalue weighted by molar-refractivity contribution is 0.00578. The minimum atomic E-state index is -0.377. The van der Waals surface area contributed by atoms with E-state index < -0.39 is 0 Å². The lowest BCUT2D eigenvalue weighted by Gasteiger charge is -2.42. The zero-order valence-electron chi connectivity index (χ0n) is 21.5. The summed E-state index contributed by atoms with van der Waals surface area (Å²) in [6, 6.07) is 18.4. The van der Waals surface area contributed by atoms with Crippen LogP contribution in [0, 0.1) is 0 Å². The Morgan fingerprint density at radius 1 is 0.618 bits per heavy atom.